The zero-order valence-electron chi connectivity index (χ0n) is 5.87. The van der Waals surface area contributed by atoms with E-state index in [4.69, 9.17) is 16.7 Å². The lowest BCUT2D eigenvalue weighted by atomic mass is 10.2. The van der Waals surface area contributed by atoms with Crippen LogP contribution in [0.4, 0.5) is 0 Å². The van der Waals surface area contributed by atoms with Crippen molar-refractivity contribution in [3.63, 3.8) is 0 Å². The molecule has 0 spiro atoms. The van der Waals surface area contributed by atoms with Crippen molar-refractivity contribution in [2.45, 2.75) is 6.42 Å². The summed E-state index contributed by atoms with van der Waals surface area (Å²) in [7, 11) is 0. The second kappa shape index (κ2) is 3.36. The van der Waals surface area contributed by atoms with Crippen molar-refractivity contribution in [1.82, 2.24) is 10.2 Å². The highest BCUT2D eigenvalue weighted by Gasteiger charge is 2.16. The standard InChI is InChI=1S/C6H5ClN2O3/c7-5-3(1-2-10)4(6(11)12)8-9-5/h2H,1H2,(H,8,9)(H,11,12). The van der Waals surface area contributed by atoms with Gasteiger partial charge in [0.25, 0.3) is 0 Å². The molecule has 64 valence electrons. The van der Waals surface area contributed by atoms with Crippen LogP contribution in [0.2, 0.25) is 5.15 Å². The fraction of sp³-hybridized carbons (Fsp3) is 0.167. The van der Waals surface area contributed by atoms with E-state index in [9.17, 15) is 9.59 Å². The number of hydrogen-bond acceptors (Lipinski definition) is 3. The van der Waals surface area contributed by atoms with Crippen LogP contribution in [-0.4, -0.2) is 27.6 Å². The summed E-state index contributed by atoms with van der Waals surface area (Å²) >= 11 is 5.53. The first-order valence-electron chi connectivity index (χ1n) is 3.06. The number of halogens is 1. The molecule has 12 heavy (non-hydrogen) atoms. The lowest BCUT2D eigenvalue weighted by Gasteiger charge is -1.90. The molecule has 2 N–H and O–H groups in total. The quantitative estimate of drug-likeness (QED) is 0.677. The third-order valence-electron chi connectivity index (χ3n) is 1.31. The van der Waals surface area contributed by atoms with Crippen molar-refractivity contribution in [3.8, 4) is 0 Å². The number of H-pyrrole nitrogens is 1. The fourth-order valence-electron chi connectivity index (χ4n) is 0.790. The van der Waals surface area contributed by atoms with Gasteiger partial charge in [0.05, 0.1) is 0 Å². The number of carboxylic acid groups (broad SMARTS) is 1. The summed E-state index contributed by atoms with van der Waals surface area (Å²) in [5.41, 5.74) is 0.0197. The van der Waals surface area contributed by atoms with Gasteiger partial charge in [0.2, 0.25) is 0 Å². The number of carboxylic acids is 1. The largest absolute Gasteiger partial charge is 0.476 e. The first-order valence-corrected chi connectivity index (χ1v) is 3.44. The van der Waals surface area contributed by atoms with Gasteiger partial charge in [0.15, 0.2) is 5.69 Å². The van der Waals surface area contributed by atoms with E-state index in [1.165, 1.54) is 0 Å². The number of aromatic carboxylic acids is 1. The van der Waals surface area contributed by atoms with Crippen LogP contribution in [-0.2, 0) is 11.2 Å². The molecule has 0 saturated heterocycles. The molecular weight excluding hydrogens is 184 g/mol. The molecule has 0 aliphatic heterocycles. The Balaban J connectivity index is 3.11. The smallest absolute Gasteiger partial charge is 0.356 e. The molecule has 5 nitrogen and oxygen atoms in total. The summed E-state index contributed by atoms with van der Waals surface area (Å²) in [4.78, 5) is 20.6. The molecule has 1 aromatic rings. The van der Waals surface area contributed by atoms with Crippen LogP contribution < -0.4 is 0 Å². The molecular formula is C6H5ClN2O3. The van der Waals surface area contributed by atoms with Crippen LogP contribution >= 0.6 is 11.6 Å². The average Bonchev–Trinajstić information content (AvgIpc) is 2.34. The zero-order chi connectivity index (χ0) is 9.14. The van der Waals surface area contributed by atoms with Gasteiger partial charge < -0.3 is 9.90 Å². The van der Waals surface area contributed by atoms with E-state index in [1.807, 2.05) is 0 Å². The number of hydrogen-bond donors (Lipinski definition) is 2. The molecule has 0 bridgehead atoms. The Hall–Kier alpha value is -1.36. The van der Waals surface area contributed by atoms with Gasteiger partial charge in [-0.3, -0.25) is 5.10 Å². The second-order valence-electron chi connectivity index (χ2n) is 2.04. The van der Waals surface area contributed by atoms with E-state index in [2.05, 4.69) is 10.2 Å². The minimum Gasteiger partial charge on any atom is -0.476 e. The topological polar surface area (TPSA) is 83.1 Å². The highest BCUT2D eigenvalue weighted by atomic mass is 35.5. The number of rotatable bonds is 3. The summed E-state index contributed by atoms with van der Waals surface area (Å²) in [6.07, 6.45) is 0.528. The number of aromatic amines is 1. The van der Waals surface area contributed by atoms with Gasteiger partial charge in [0.1, 0.15) is 11.4 Å². The van der Waals surface area contributed by atoms with E-state index >= 15 is 0 Å². The number of nitrogens with one attached hydrogen (secondary N) is 1. The van der Waals surface area contributed by atoms with E-state index in [1.54, 1.807) is 0 Å². The molecule has 0 amide bonds. The van der Waals surface area contributed by atoms with Crippen molar-refractivity contribution >= 4 is 23.9 Å². The zero-order valence-corrected chi connectivity index (χ0v) is 6.63. The van der Waals surface area contributed by atoms with Crippen LogP contribution in [0, 0.1) is 0 Å². The van der Waals surface area contributed by atoms with Crippen molar-refractivity contribution in [3.05, 3.63) is 16.4 Å². The molecule has 0 aromatic carbocycles. The van der Waals surface area contributed by atoms with Crippen molar-refractivity contribution < 1.29 is 14.7 Å². The Morgan fingerprint density at radius 1 is 1.75 bits per heavy atom. The van der Waals surface area contributed by atoms with Crippen LogP contribution in [0.3, 0.4) is 0 Å². The van der Waals surface area contributed by atoms with Crippen LogP contribution in [0.15, 0.2) is 0 Å². The summed E-state index contributed by atoms with van der Waals surface area (Å²) in [6, 6.07) is 0. The Labute approximate surface area is 72.3 Å². The van der Waals surface area contributed by atoms with Crippen LogP contribution in [0.25, 0.3) is 0 Å². The van der Waals surface area contributed by atoms with E-state index in [0.717, 1.165) is 0 Å². The molecule has 1 rings (SSSR count). The molecule has 0 radical (unpaired) electrons. The van der Waals surface area contributed by atoms with Crippen molar-refractivity contribution in [2.75, 3.05) is 0 Å². The monoisotopic (exact) mass is 188 g/mol. The number of carbonyl (C=O) groups excluding carboxylic acids is 1. The maximum Gasteiger partial charge on any atom is 0.356 e. The summed E-state index contributed by atoms with van der Waals surface area (Å²) < 4.78 is 0. The number of nitrogens with zero attached hydrogens (tertiary/aromatic N) is 1. The first-order chi connectivity index (χ1) is 5.66. The van der Waals surface area contributed by atoms with E-state index in [0.29, 0.717) is 6.29 Å². The second-order valence-corrected chi connectivity index (χ2v) is 2.42. The van der Waals surface area contributed by atoms with Crippen LogP contribution in [0.1, 0.15) is 16.1 Å². The van der Waals surface area contributed by atoms with Crippen molar-refractivity contribution in [1.29, 1.82) is 0 Å². The Bertz CT molecular complexity index is 321. The van der Waals surface area contributed by atoms with Crippen molar-refractivity contribution in [2.24, 2.45) is 0 Å². The Kier molecular flexibility index (Phi) is 2.44. The minimum absolute atomic E-state index is 0.0447. The third kappa shape index (κ3) is 1.45. The third-order valence-corrected chi connectivity index (χ3v) is 1.62. The molecule has 0 fully saturated rings. The van der Waals surface area contributed by atoms with Gasteiger partial charge in [-0.1, -0.05) is 11.6 Å². The Morgan fingerprint density at radius 3 is 2.92 bits per heavy atom. The normalized spacial score (nSPS) is 9.75. The molecule has 0 aliphatic carbocycles. The predicted molar refractivity (Wildman–Crippen MR) is 40.3 cm³/mol. The summed E-state index contributed by atoms with van der Waals surface area (Å²) in [5.74, 6) is -1.20. The lowest BCUT2D eigenvalue weighted by molar-refractivity contribution is -0.107. The maximum atomic E-state index is 10.5. The molecule has 1 aromatic heterocycles. The summed E-state index contributed by atoms with van der Waals surface area (Å²) in [6.45, 7) is 0. The first kappa shape index (κ1) is 8.73. The van der Waals surface area contributed by atoms with Gasteiger partial charge in [-0.2, -0.15) is 5.10 Å². The molecule has 0 atom stereocenters. The molecule has 6 heteroatoms. The molecule has 0 aliphatic rings. The van der Waals surface area contributed by atoms with E-state index < -0.39 is 5.97 Å². The maximum absolute atomic E-state index is 10.5. The summed E-state index contributed by atoms with van der Waals surface area (Å²) in [5, 5.41) is 14.3. The number of aromatic nitrogens is 2. The highest BCUT2D eigenvalue weighted by Crippen LogP contribution is 2.16. The molecule has 0 saturated carbocycles. The average molecular weight is 189 g/mol. The Morgan fingerprint density at radius 2 is 2.42 bits per heavy atom. The number of carbonyl (C=O) groups is 2. The van der Waals surface area contributed by atoms with Gasteiger partial charge in [0, 0.05) is 12.0 Å². The van der Waals surface area contributed by atoms with E-state index in [-0.39, 0.29) is 22.8 Å². The van der Waals surface area contributed by atoms with Gasteiger partial charge >= 0.3 is 5.97 Å². The fourth-order valence-corrected chi connectivity index (χ4v) is 0.999. The van der Waals surface area contributed by atoms with Gasteiger partial charge in [-0.15, -0.1) is 0 Å². The highest BCUT2D eigenvalue weighted by molar-refractivity contribution is 6.30. The van der Waals surface area contributed by atoms with Gasteiger partial charge in [-0.05, 0) is 0 Å². The molecule has 0 unspecified atom stereocenters. The van der Waals surface area contributed by atoms with Crippen LogP contribution in [0.5, 0.6) is 0 Å². The number of aldehydes is 1. The predicted octanol–water partition coefficient (Wildman–Crippen LogP) is 0.503. The SMILES string of the molecule is O=CCc1c(C(=O)O)n[nH]c1Cl. The lowest BCUT2D eigenvalue weighted by Crippen LogP contribution is -2.01. The molecule has 1 heterocycles. The minimum atomic E-state index is -1.20. The van der Waals surface area contributed by atoms with Gasteiger partial charge in [-0.25, -0.2) is 4.79 Å².